The first-order valence-electron chi connectivity index (χ1n) is 10.2. The maximum absolute atomic E-state index is 13.5. The van der Waals surface area contributed by atoms with E-state index in [0.717, 1.165) is 29.7 Å². The molecule has 0 radical (unpaired) electrons. The molecule has 3 heterocycles. The first kappa shape index (κ1) is 20.3. The molecule has 0 saturated carbocycles. The number of ether oxygens (including phenoxy) is 1. The van der Waals surface area contributed by atoms with Crippen molar-refractivity contribution in [2.24, 2.45) is 5.92 Å². The maximum atomic E-state index is 13.5. The number of nitrogen functional groups attached to an aromatic ring is 1. The third kappa shape index (κ3) is 4.31. The first-order valence-corrected chi connectivity index (χ1v) is 11.1. The van der Waals surface area contributed by atoms with Crippen LogP contribution in [0.3, 0.4) is 0 Å². The van der Waals surface area contributed by atoms with Gasteiger partial charge in [-0.3, -0.25) is 4.79 Å². The van der Waals surface area contributed by atoms with Gasteiger partial charge in [-0.2, -0.15) is 0 Å². The Morgan fingerprint density at radius 1 is 1.27 bits per heavy atom. The lowest BCUT2D eigenvalue weighted by Crippen LogP contribution is -2.47. The normalized spacial score (nSPS) is 18.9. The van der Waals surface area contributed by atoms with Crippen molar-refractivity contribution in [3.05, 3.63) is 59.1 Å². The summed E-state index contributed by atoms with van der Waals surface area (Å²) in [5, 5.41) is 2.40. The second kappa shape index (κ2) is 8.83. The summed E-state index contributed by atoms with van der Waals surface area (Å²) in [7, 11) is 0. The van der Waals surface area contributed by atoms with Gasteiger partial charge in [0.2, 0.25) is 5.88 Å². The molecule has 1 aromatic carbocycles. The smallest absolute Gasteiger partial charge is 0.254 e. The van der Waals surface area contributed by atoms with Crippen molar-refractivity contribution in [1.82, 2.24) is 14.9 Å². The zero-order valence-corrected chi connectivity index (χ0v) is 18.1. The molecule has 7 heteroatoms. The molecular weight excluding hydrogens is 396 g/mol. The average molecular weight is 423 g/mol. The van der Waals surface area contributed by atoms with Crippen LogP contribution in [0.1, 0.15) is 35.7 Å². The van der Waals surface area contributed by atoms with E-state index in [4.69, 9.17) is 10.5 Å². The van der Waals surface area contributed by atoms with Gasteiger partial charge in [-0.05, 0) is 38.8 Å². The van der Waals surface area contributed by atoms with E-state index in [1.54, 1.807) is 6.20 Å². The van der Waals surface area contributed by atoms with Gasteiger partial charge in [-0.25, -0.2) is 9.97 Å². The number of aryl methyl sites for hydroxylation is 1. The van der Waals surface area contributed by atoms with Crippen molar-refractivity contribution in [3.8, 4) is 17.1 Å². The number of nitrogens with two attached hydrogens (primary N) is 1. The zero-order valence-electron chi connectivity index (χ0n) is 17.2. The monoisotopic (exact) mass is 422 g/mol. The molecule has 0 spiro atoms. The average Bonchev–Trinajstić information content (AvgIpc) is 3.20. The number of pyridine rings is 1. The Hall–Kier alpha value is -2.93. The summed E-state index contributed by atoms with van der Waals surface area (Å²) < 4.78 is 5.97. The molecule has 2 atom stereocenters. The van der Waals surface area contributed by atoms with Gasteiger partial charge < -0.3 is 15.4 Å². The molecule has 1 fully saturated rings. The van der Waals surface area contributed by atoms with Gasteiger partial charge in [0.1, 0.15) is 0 Å². The summed E-state index contributed by atoms with van der Waals surface area (Å²) in [5.41, 5.74) is 9.06. The molecule has 3 aromatic rings. The highest BCUT2D eigenvalue weighted by Gasteiger charge is 2.31. The summed E-state index contributed by atoms with van der Waals surface area (Å²) >= 11 is 1.38. The molecule has 1 saturated heterocycles. The number of nitrogens with zero attached hydrogens (tertiary/aromatic N) is 3. The summed E-state index contributed by atoms with van der Waals surface area (Å²) in [5.74, 6) is 0.970. The van der Waals surface area contributed by atoms with Crippen LogP contribution in [0.15, 0.2) is 48.0 Å². The standard InChI is InChI=1S/C23H26N4O2S/c1-15-6-5-11-25-21(15)29-13-17-10-9-16(2)27(12-17)22(28)19-8-4-3-7-18(19)20-14-30-23(24)26-20/h3-8,11,14,16-17H,9-10,12-13H2,1-2H3,(H2,24,26)/t16-,17-/m1/s1. The van der Waals surface area contributed by atoms with Crippen molar-refractivity contribution in [3.63, 3.8) is 0 Å². The lowest BCUT2D eigenvalue weighted by Gasteiger charge is -2.38. The molecule has 6 nitrogen and oxygen atoms in total. The largest absolute Gasteiger partial charge is 0.477 e. The Bertz CT molecular complexity index is 1040. The fourth-order valence-electron chi connectivity index (χ4n) is 3.88. The molecule has 1 aliphatic rings. The lowest BCUT2D eigenvalue weighted by atomic mass is 9.92. The second-order valence-corrected chi connectivity index (χ2v) is 8.69. The summed E-state index contributed by atoms with van der Waals surface area (Å²) in [6.07, 6.45) is 3.72. The molecule has 1 amide bonds. The quantitative estimate of drug-likeness (QED) is 0.658. The lowest BCUT2D eigenvalue weighted by molar-refractivity contribution is 0.0503. The van der Waals surface area contributed by atoms with Crippen molar-refractivity contribution >= 4 is 22.4 Å². The Morgan fingerprint density at radius 2 is 2.10 bits per heavy atom. The Kier molecular flexibility index (Phi) is 5.99. The van der Waals surface area contributed by atoms with E-state index in [2.05, 4.69) is 16.9 Å². The van der Waals surface area contributed by atoms with Crippen molar-refractivity contribution in [2.45, 2.75) is 32.7 Å². The van der Waals surface area contributed by atoms with Crippen molar-refractivity contribution in [2.75, 3.05) is 18.9 Å². The van der Waals surface area contributed by atoms with Gasteiger partial charge >= 0.3 is 0 Å². The van der Waals surface area contributed by atoms with Gasteiger partial charge in [0.15, 0.2) is 5.13 Å². The highest BCUT2D eigenvalue weighted by molar-refractivity contribution is 7.13. The molecule has 0 unspecified atom stereocenters. The number of hydrogen-bond donors (Lipinski definition) is 1. The second-order valence-electron chi connectivity index (χ2n) is 7.80. The van der Waals surface area contributed by atoms with Crippen LogP contribution in [-0.2, 0) is 0 Å². The zero-order chi connectivity index (χ0) is 21.1. The SMILES string of the molecule is Cc1cccnc1OC[C@@H]1CC[C@@H](C)N(C(=O)c2ccccc2-c2csc(N)n2)C1. The third-order valence-corrected chi connectivity index (χ3v) is 6.29. The van der Waals surface area contributed by atoms with Gasteiger partial charge in [0.25, 0.3) is 5.91 Å². The molecule has 0 aliphatic carbocycles. The number of amides is 1. The molecule has 1 aliphatic heterocycles. The molecular formula is C23H26N4O2S. The predicted octanol–water partition coefficient (Wildman–Crippen LogP) is 4.42. The van der Waals surface area contributed by atoms with E-state index >= 15 is 0 Å². The van der Waals surface area contributed by atoms with Crippen LogP contribution < -0.4 is 10.5 Å². The molecule has 30 heavy (non-hydrogen) atoms. The molecule has 2 N–H and O–H groups in total. The maximum Gasteiger partial charge on any atom is 0.254 e. The number of benzene rings is 1. The molecule has 156 valence electrons. The number of anilines is 1. The van der Waals surface area contributed by atoms with E-state index in [1.165, 1.54) is 11.3 Å². The van der Waals surface area contributed by atoms with E-state index in [1.807, 2.05) is 53.6 Å². The van der Waals surface area contributed by atoms with E-state index in [0.29, 0.717) is 29.7 Å². The van der Waals surface area contributed by atoms with Crippen LogP contribution in [0.25, 0.3) is 11.3 Å². The highest BCUT2D eigenvalue weighted by Crippen LogP contribution is 2.30. The molecule has 2 aromatic heterocycles. The topological polar surface area (TPSA) is 81.3 Å². The number of carbonyl (C=O) groups excluding carboxylic acids is 1. The van der Waals surface area contributed by atoms with Crippen LogP contribution in [0.5, 0.6) is 5.88 Å². The fourth-order valence-corrected chi connectivity index (χ4v) is 4.44. The van der Waals surface area contributed by atoms with Gasteiger partial charge in [0.05, 0.1) is 12.3 Å². The third-order valence-electron chi connectivity index (χ3n) is 5.61. The van der Waals surface area contributed by atoms with E-state index < -0.39 is 0 Å². The van der Waals surface area contributed by atoms with Crippen molar-refractivity contribution < 1.29 is 9.53 Å². The number of thiazole rings is 1. The minimum Gasteiger partial charge on any atom is -0.477 e. The van der Waals surface area contributed by atoms with Gasteiger partial charge in [-0.1, -0.05) is 24.3 Å². The molecule has 0 bridgehead atoms. The van der Waals surface area contributed by atoms with Crippen LogP contribution in [-0.4, -0.2) is 40.0 Å². The number of rotatable bonds is 5. The van der Waals surface area contributed by atoms with Crippen molar-refractivity contribution in [1.29, 1.82) is 0 Å². The fraction of sp³-hybridized carbons (Fsp3) is 0.348. The summed E-state index contributed by atoms with van der Waals surface area (Å²) in [6, 6.07) is 11.7. The Labute approximate surface area is 180 Å². The van der Waals surface area contributed by atoms with E-state index in [9.17, 15) is 4.79 Å². The number of piperidine rings is 1. The van der Waals surface area contributed by atoms with Crippen LogP contribution >= 0.6 is 11.3 Å². The first-order chi connectivity index (χ1) is 14.5. The number of likely N-dealkylation sites (tertiary alicyclic amines) is 1. The highest BCUT2D eigenvalue weighted by atomic mass is 32.1. The van der Waals surface area contributed by atoms with Crippen LogP contribution in [0.2, 0.25) is 0 Å². The number of aromatic nitrogens is 2. The Balaban J connectivity index is 1.50. The van der Waals surface area contributed by atoms with Crippen LogP contribution in [0, 0.1) is 12.8 Å². The Morgan fingerprint density at radius 3 is 2.87 bits per heavy atom. The van der Waals surface area contributed by atoms with Gasteiger partial charge in [-0.15, -0.1) is 11.3 Å². The van der Waals surface area contributed by atoms with E-state index in [-0.39, 0.29) is 17.9 Å². The number of carbonyl (C=O) groups is 1. The molecule has 4 rings (SSSR count). The summed E-state index contributed by atoms with van der Waals surface area (Å²) in [6.45, 7) is 5.32. The van der Waals surface area contributed by atoms with Gasteiger partial charge in [0, 0.05) is 46.8 Å². The summed E-state index contributed by atoms with van der Waals surface area (Å²) in [4.78, 5) is 24.2. The predicted molar refractivity (Wildman–Crippen MR) is 120 cm³/mol. The number of hydrogen-bond acceptors (Lipinski definition) is 6. The van der Waals surface area contributed by atoms with Crippen LogP contribution in [0.4, 0.5) is 5.13 Å². The minimum atomic E-state index is 0.0309. The minimum absolute atomic E-state index is 0.0309.